The average Bonchev–Trinajstić information content (AvgIpc) is 2.35. The minimum absolute atomic E-state index is 0.0998. The number of aliphatic hydroxyl groups is 1. The molecule has 0 aliphatic heterocycles. The summed E-state index contributed by atoms with van der Waals surface area (Å²) in [6.45, 7) is 0.283. The fraction of sp³-hybridized carbons (Fsp3) is 0.500. The van der Waals surface area contributed by atoms with Crippen molar-refractivity contribution in [2.45, 2.75) is 25.1 Å². The molecule has 1 aliphatic carbocycles. The van der Waals surface area contributed by atoms with E-state index in [1.807, 2.05) is 0 Å². The van der Waals surface area contributed by atoms with E-state index in [1.54, 1.807) is 0 Å². The molecule has 0 aromatic heterocycles. The third kappa shape index (κ3) is 3.34. The number of hydrogen-bond donors (Lipinski definition) is 1. The van der Waals surface area contributed by atoms with E-state index >= 15 is 0 Å². The van der Waals surface area contributed by atoms with Crippen LogP contribution in [0.5, 0.6) is 0 Å². The molecule has 1 saturated carbocycles. The van der Waals surface area contributed by atoms with Gasteiger partial charge in [0, 0.05) is 13.6 Å². The Kier molecular flexibility index (Phi) is 4.22. The number of halogens is 4. The van der Waals surface area contributed by atoms with Crippen LogP contribution < -0.4 is 0 Å². The van der Waals surface area contributed by atoms with Gasteiger partial charge >= 0.3 is 6.18 Å². The van der Waals surface area contributed by atoms with Crippen molar-refractivity contribution in [1.82, 2.24) is 4.90 Å². The molecule has 0 spiro atoms. The quantitative estimate of drug-likeness (QED) is 0.872. The SMILES string of the molecule is CN(CC1CC(O)C1)C(=O)c1cccc(C(F)(F)F)c1F. The number of hydrogen-bond acceptors (Lipinski definition) is 2. The molecule has 0 unspecified atom stereocenters. The molecule has 1 fully saturated rings. The van der Waals surface area contributed by atoms with Gasteiger partial charge in [0.15, 0.2) is 0 Å². The van der Waals surface area contributed by atoms with Crippen LogP contribution in [-0.4, -0.2) is 35.6 Å². The molecule has 0 atom stereocenters. The number of aliphatic hydroxyl groups excluding tert-OH is 1. The van der Waals surface area contributed by atoms with E-state index in [2.05, 4.69) is 0 Å². The van der Waals surface area contributed by atoms with Gasteiger partial charge in [0.25, 0.3) is 5.91 Å². The van der Waals surface area contributed by atoms with Crippen LogP contribution in [0.25, 0.3) is 0 Å². The molecule has 1 N–H and O–H groups in total. The molecule has 0 radical (unpaired) electrons. The standard InChI is InChI=1S/C14H15F4NO2/c1-19(7-8-5-9(20)6-8)13(21)10-3-2-4-11(12(10)15)14(16,17)18/h2-4,8-9,20H,5-7H2,1H3. The summed E-state index contributed by atoms with van der Waals surface area (Å²) < 4.78 is 51.7. The van der Waals surface area contributed by atoms with Crippen LogP contribution in [0.4, 0.5) is 17.6 Å². The Morgan fingerprint density at radius 2 is 2.00 bits per heavy atom. The van der Waals surface area contributed by atoms with Crippen molar-refractivity contribution in [3.8, 4) is 0 Å². The van der Waals surface area contributed by atoms with Gasteiger partial charge in [-0.3, -0.25) is 4.79 Å². The molecule has 3 nitrogen and oxygen atoms in total. The second kappa shape index (κ2) is 5.63. The van der Waals surface area contributed by atoms with Crippen molar-refractivity contribution in [2.24, 2.45) is 5.92 Å². The number of rotatable bonds is 3. The van der Waals surface area contributed by atoms with Crippen LogP contribution in [0.15, 0.2) is 18.2 Å². The topological polar surface area (TPSA) is 40.5 Å². The molecule has 1 aliphatic rings. The summed E-state index contributed by atoms with van der Waals surface area (Å²) in [5.74, 6) is -2.24. The minimum atomic E-state index is -4.84. The smallest absolute Gasteiger partial charge is 0.393 e. The van der Waals surface area contributed by atoms with Crippen molar-refractivity contribution in [2.75, 3.05) is 13.6 Å². The molecule has 2 rings (SSSR count). The zero-order valence-corrected chi connectivity index (χ0v) is 11.3. The summed E-state index contributed by atoms with van der Waals surface area (Å²) >= 11 is 0. The Bertz CT molecular complexity index is 538. The lowest BCUT2D eigenvalue weighted by atomic mass is 9.82. The molecule has 0 heterocycles. The number of carbonyl (C=O) groups is 1. The number of amides is 1. The van der Waals surface area contributed by atoms with Crippen LogP contribution in [-0.2, 0) is 6.18 Å². The Labute approximate surface area is 119 Å². The third-order valence-corrected chi connectivity index (χ3v) is 3.62. The maximum Gasteiger partial charge on any atom is 0.419 e. The molecule has 1 aromatic rings. The van der Waals surface area contributed by atoms with Gasteiger partial charge < -0.3 is 10.0 Å². The summed E-state index contributed by atoms with van der Waals surface area (Å²) in [6.07, 6.45) is -4.13. The summed E-state index contributed by atoms with van der Waals surface area (Å²) in [6, 6.07) is 2.66. The third-order valence-electron chi connectivity index (χ3n) is 3.62. The van der Waals surface area contributed by atoms with Crippen LogP contribution in [0.2, 0.25) is 0 Å². The fourth-order valence-corrected chi connectivity index (χ4v) is 2.44. The highest BCUT2D eigenvalue weighted by Gasteiger charge is 2.36. The molecule has 116 valence electrons. The van der Waals surface area contributed by atoms with Crippen LogP contribution >= 0.6 is 0 Å². The summed E-state index contributed by atoms with van der Waals surface area (Å²) in [5.41, 5.74) is -2.03. The average molecular weight is 305 g/mol. The zero-order valence-electron chi connectivity index (χ0n) is 11.3. The molecule has 7 heteroatoms. The number of carbonyl (C=O) groups excluding carboxylic acids is 1. The van der Waals surface area contributed by atoms with E-state index in [1.165, 1.54) is 11.9 Å². The summed E-state index contributed by atoms with van der Waals surface area (Å²) in [5, 5.41) is 9.17. The van der Waals surface area contributed by atoms with Crippen molar-refractivity contribution in [3.05, 3.63) is 35.1 Å². The molecule has 1 amide bonds. The number of benzene rings is 1. The monoisotopic (exact) mass is 305 g/mol. The van der Waals surface area contributed by atoms with Crippen molar-refractivity contribution in [3.63, 3.8) is 0 Å². The molecular weight excluding hydrogens is 290 g/mol. The first-order valence-electron chi connectivity index (χ1n) is 6.49. The maximum absolute atomic E-state index is 13.9. The predicted molar refractivity (Wildman–Crippen MR) is 67.1 cm³/mol. The molecule has 0 saturated heterocycles. The van der Waals surface area contributed by atoms with Crippen molar-refractivity contribution in [1.29, 1.82) is 0 Å². The van der Waals surface area contributed by atoms with Gasteiger partial charge in [-0.15, -0.1) is 0 Å². The number of nitrogens with zero attached hydrogens (tertiary/aromatic N) is 1. The van der Waals surface area contributed by atoms with E-state index in [9.17, 15) is 22.4 Å². The van der Waals surface area contributed by atoms with Gasteiger partial charge in [-0.05, 0) is 30.9 Å². The lowest BCUT2D eigenvalue weighted by Gasteiger charge is -2.34. The first-order valence-corrected chi connectivity index (χ1v) is 6.49. The first-order chi connectivity index (χ1) is 9.70. The second-order valence-corrected chi connectivity index (χ2v) is 5.34. The zero-order chi connectivity index (χ0) is 15.8. The minimum Gasteiger partial charge on any atom is -0.393 e. The van der Waals surface area contributed by atoms with Crippen LogP contribution in [0, 0.1) is 11.7 Å². The normalized spacial score (nSPS) is 21.8. The molecule has 21 heavy (non-hydrogen) atoms. The Hall–Kier alpha value is -1.63. The van der Waals surface area contributed by atoms with Crippen LogP contribution in [0.3, 0.4) is 0 Å². The second-order valence-electron chi connectivity index (χ2n) is 5.34. The van der Waals surface area contributed by atoms with Gasteiger partial charge in [0.05, 0.1) is 17.2 Å². The van der Waals surface area contributed by atoms with Gasteiger partial charge in [0.1, 0.15) is 5.82 Å². The Balaban J connectivity index is 2.15. The highest BCUT2D eigenvalue weighted by atomic mass is 19.4. The Morgan fingerprint density at radius 1 is 1.38 bits per heavy atom. The number of alkyl halides is 3. The van der Waals surface area contributed by atoms with Crippen LogP contribution in [0.1, 0.15) is 28.8 Å². The fourth-order valence-electron chi connectivity index (χ4n) is 2.44. The highest BCUT2D eigenvalue weighted by molar-refractivity contribution is 5.94. The molecular formula is C14H15F4NO2. The van der Waals surface area contributed by atoms with E-state index in [0.29, 0.717) is 18.9 Å². The molecule has 0 bridgehead atoms. The van der Waals surface area contributed by atoms with E-state index < -0.39 is 29.0 Å². The van der Waals surface area contributed by atoms with Crippen molar-refractivity contribution < 1.29 is 27.5 Å². The van der Waals surface area contributed by atoms with E-state index in [0.717, 1.165) is 12.1 Å². The first kappa shape index (κ1) is 15.8. The van der Waals surface area contributed by atoms with Crippen molar-refractivity contribution >= 4 is 5.91 Å². The summed E-state index contributed by atoms with van der Waals surface area (Å²) in [4.78, 5) is 13.2. The van der Waals surface area contributed by atoms with Gasteiger partial charge in [-0.2, -0.15) is 13.2 Å². The molecule has 1 aromatic carbocycles. The predicted octanol–water partition coefficient (Wildman–Crippen LogP) is 2.69. The largest absolute Gasteiger partial charge is 0.419 e. The lowest BCUT2D eigenvalue weighted by Crippen LogP contribution is -2.39. The van der Waals surface area contributed by atoms with Gasteiger partial charge in [-0.1, -0.05) is 6.07 Å². The van der Waals surface area contributed by atoms with E-state index in [-0.39, 0.29) is 18.6 Å². The van der Waals surface area contributed by atoms with Gasteiger partial charge in [-0.25, -0.2) is 4.39 Å². The summed E-state index contributed by atoms with van der Waals surface area (Å²) in [7, 11) is 1.41. The maximum atomic E-state index is 13.9. The van der Waals surface area contributed by atoms with Gasteiger partial charge in [0.2, 0.25) is 0 Å². The lowest BCUT2D eigenvalue weighted by molar-refractivity contribution is -0.140. The highest BCUT2D eigenvalue weighted by Crippen LogP contribution is 2.33. The van der Waals surface area contributed by atoms with E-state index in [4.69, 9.17) is 5.11 Å². The Morgan fingerprint density at radius 3 is 2.52 bits per heavy atom.